The van der Waals surface area contributed by atoms with Crippen molar-refractivity contribution in [1.29, 1.82) is 0 Å². The van der Waals surface area contributed by atoms with Crippen LogP contribution in [0.5, 0.6) is 17.2 Å². The summed E-state index contributed by atoms with van der Waals surface area (Å²) in [4.78, 5) is 12.0. The van der Waals surface area contributed by atoms with E-state index in [1.807, 2.05) is 84.9 Å². The zero-order valence-electron chi connectivity index (χ0n) is 17.6. The second kappa shape index (κ2) is 12.4. The van der Waals surface area contributed by atoms with E-state index in [1.54, 1.807) is 0 Å². The number of unbranched alkanes of at least 4 members (excludes halogenated alkanes) is 2. The molecule has 3 rings (SSSR count). The zero-order valence-corrected chi connectivity index (χ0v) is 17.6. The predicted molar refractivity (Wildman–Crippen MR) is 121 cm³/mol. The molecule has 0 bridgehead atoms. The number of carbonyl (C=O) groups is 1. The van der Waals surface area contributed by atoms with Gasteiger partial charge in [0, 0.05) is 0 Å². The van der Waals surface area contributed by atoms with Gasteiger partial charge < -0.3 is 19.9 Å². The molecule has 0 fully saturated rings. The molecule has 0 radical (unpaired) electrons. The van der Waals surface area contributed by atoms with Crippen LogP contribution in [0.25, 0.3) is 0 Å². The minimum atomic E-state index is -0.582. The molecule has 0 saturated heterocycles. The highest BCUT2D eigenvalue weighted by Crippen LogP contribution is 2.23. The standard InChI is InChI=1S/C26H29NO4/c27-25(26(28)30-20-21-10-4-1-5-11-21)14-8-3-9-19-29-22-15-17-24(18-16-22)31-23-12-6-2-7-13-23/h1-2,4-7,10-13,15-18,25H,3,8-9,14,19-20,27H2. The van der Waals surface area contributed by atoms with Gasteiger partial charge in [0.1, 0.15) is 29.9 Å². The van der Waals surface area contributed by atoms with Crippen LogP contribution in [0.4, 0.5) is 0 Å². The maximum atomic E-state index is 12.0. The Morgan fingerprint density at radius 2 is 1.35 bits per heavy atom. The van der Waals surface area contributed by atoms with Crippen LogP contribution in [0.2, 0.25) is 0 Å². The summed E-state index contributed by atoms with van der Waals surface area (Å²) in [6, 6.07) is 26.3. The quantitative estimate of drug-likeness (QED) is 0.310. The SMILES string of the molecule is NC(CCCCCOc1ccc(Oc2ccccc2)cc1)C(=O)OCc1ccccc1. The first-order valence-electron chi connectivity index (χ1n) is 10.6. The average molecular weight is 420 g/mol. The van der Waals surface area contributed by atoms with Crippen LogP contribution >= 0.6 is 0 Å². The van der Waals surface area contributed by atoms with Crippen molar-refractivity contribution in [2.24, 2.45) is 5.73 Å². The van der Waals surface area contributed by atoms with Crippen molar-refractivity contribution in [3.05, 3.63) is 90.5 Å². The van der Waals surface area contributed by atoms with E-state index in [-0.39, 0.29) is 12.6 Å². The van der Waals surface area contributed by atoms with Gasteiger partial charge in [-0.15, -0.1) is 0 Å². The van der Waals surface area contributed by atoms with E-state index in [1.165, 1.54) is 0 Å². The largest absolute Gasteiger partial charge is 0.494 e. The molecule has 3 aromatic rings. The molecule has 31 heavy (non-hydrogen) atoms. The van der Waals surface area contributed by atoms with Crippen LogP contribution in [-0.2, 0) is 16.1 Å². The molecule has 0 amide bonds. The summed E-state index contributed by atoms with van der Waals surface area (Å²) in [6.45, 7) is 0.878. The summed E-state index contributed by atoms with van der Waals surface area (Å²) in [5.41, 5.74) is 6.90. The summed E-state index contributed by atoms with van der Waals surface area (Å²) >= 11 is 0. The van der Waals surface area contributed by atoms with Gasteiger partial charge in [-0.05, 0) is 61.2 Å². The molecule has 0 aromatic heterocycles. The average Bonchev–Trinajstić information content (AvgIpc) is 2.82. The van der Waals surface area contributed by atoms with Crippen LogP contribution in [0.3, 0.4) is 0 Å². The number of nitrogens with two attached hydrogens (primary N) is 1. The van der Waals surface area contributed by atoms with Gasteiger partial charge in [0.05, 0.1) is 6.61 Å². The minimum Gasteiger partial charge on any atom is -0.494 e. The topological polar surface area (TPSA) is 70.8 Å². The maximum Gasteiger partial charge on any atom is 0.323 e. The maximum absolute atomic E-state index is 12.0. The molecule has 162 valence electrons. The number of para-hydroxylation sites is 1. The fraction of sp³-hybridized carbons (Fsp3) is 0.269. The molecule has 0 saturated carbocycles. The zero-order chi connectivity index (χ0) is 21.7. The summed E-state index contributed by atoms with van der Waals surface area (Å²) in [5.74, 6) is 2.03. The van der Waals surface area contributed by atoms with Crippen LogP contribution in [-0.4, -0.2) is 18.6 Å². The van der Waals surface area contributed by atoms with E-state index in [2.05, 4.69) is 0 Å². The molecule has 2 N–H and O–H groups in total. The van der Waals surface area contributed by atoms with Crippen molar-refractivity contribution in [1.82, 2.24) is 0 Å². The number of benzene rings is 3. The van der Waals surface area contributed by atoms with Gasteiger partial charge in [-0.1, -0.05) is 55.0 Å². The first-order chi connectivity index (χ1) is 15.2. The molecular formula is C26H29NO4. The second-order valence-corrected chi connectivity index (χ2v) is 7.28. The third-order valence-electron chi connectivity index (χ3n) is 4.76. The van der Waals surface area contributed by atoms with Crippen LogP contribution in [0, 0.1) is 0 Å². The summed E-state index contributed by atoms with van der Waals surface area (Å²) in [7, 11) is 0. The summed E-state index contributed by atoms with van der Waals surface area (Å²) < 4.78 is 16.8. The third-order valence-corrected chi connectivity index (χ3v) is 4.76. The highest BCUT2D eigenvalue weighted by atomic mass is 16.5. The predicted octanol–water partition coefficient (Wildman–Crippen LogP) is 5.49. The first-order valence-corrected chi connectivity index (χ1v) is 10.6. The highest BCUT2D eigenvalue weighted by Gasteiger charge is 2.14. The Morgan fingerprint density at radius 1 is 0.742 bits per heavy atom. The molecule has 0 aliphatic heterocycles. The normalized spacial score (nSPS) is 11.5. The molecule has 5 nitrogen and oxygen atoms in total. The lowest BCUT2D eigenvalue weighted by molar-refractivity contribution is -0.146. The fourth-order valence-corrected chi connectivity index (χ4v) is 3.02. The summed E-state index contributed by atoms with van der Waals surface area (Å²) in [6.07, 6.45) is 3.30. The number of carbonyl (C=O) groups excluding carboxylic acids is 1. The van der Waals surface area contributed by atoms with Crippen molar-refractivity contribution in [2.45, 2.75) is 38.3 Å². The van der Waals surface area contributed by atoms with Crippen LogP contribution in [0.15, 0.2) is 84.9 Å². The monoisotopic (exact) mass is 419 g/mol. The van der Waals surface area contributed by atoms with Gasteiger partial charge in [0.25, 0.3) is 0 Å². The van der Waals surface area contributed by atoms with E-state index in [4.69, 9.17) is 19.9 Å². The molecule has 0 aliphatic rings. The van der Waals surface area contributed by atoms with Crippen molar-refractivity contribution >= 4 is 5.97 Å². The lowest BCUT2D eigenvalue weighted by atomic mass is 10.1. The van der Waals surface area contributed by atoms with Crippen molar-refractivity contribution in [3.8, 4) is 17.2 Å². The molecule has 5 heteroatoms. The molecular weight excluding hydrogens is 390 g/mol. The molecule has 0 spiro atoms. The van der Waals surface area contributed by atoms with Gasteiger partial charge >= 0.3 is 5.97 Å². The number of rotatable bonds is 12. The van der Waals surface area contributed by atoms with E-state index >= 15 is 0 Å². The van der Waals surface area contributed by atoms with Gasteiger partial charge in [0.15, 0.2) is 0 Å². The Bertz CT molecular complexity index is 898. The number of hydrogen-bond donors (Lipinski definition) is 1. The third kappa shape index (κ3) is 8.15. The van der Waals surface area contributed by atoms with Crippen molar-refractivity contribution in [2.75, 3.05) is 6.61 Å². The Morgan fingerprint density at radius 3 is 2.06 bits per heavy atom. The Kier molecular flexibility index (Phi) is 8.95. The molecule has 3 aromatic carbocycles. The van der Waals surface area contributed by atoms with Crippen LogP contribution in [0.1, 0.15) is 31.2 Å². The van der Waals surface area contributed by atoms with Gasteiger partial charge in [-0.2, -0.15) is 0 Å². The first kappa shape index (κ1) is 22.4. The molecule has 0 aliphatic carbocycles. The van der Waals surface area contributed by atoms with Gasteiger partial charge in [-0.3, -0.25) is 4.79 Å². The number of hydrogen-bond acceptors (Lipinski definition) is 5. The lowest BCUT2D eigenvalue weighted by Gasteiger charge is -2.12. The van der Waals surface area contributed by atoms with Gasteiger partial charge in [-0.25, -0.2) is 0 Å². The smallest absolute Gasteiger partial charge is 0.323 e. The van der Waals surface area contributed by atoms with E-state index < -0.39 is 6.04 Å². The summed E-state index contributed by atoms with van der Waals surface area (Å²) in [5, 5.41) is 0. The van der Waals surface area contributed by atoms with E-state index in [9.17, 15) is 4.79 Å². The van der Waals surface area contributed by atoms with Crippen LogP contribution < -0.4 is 15.2 Å². The second-order valence-electron chi connectivity index (χ2n) is 7.28. The lowest BCUT2D eigenvalue weighted by Crippen LogP contribution is -2.32. The van der Waals surface area contributed by atoms with E-state index in [0.29, 0.717) is 13.0 Å². The highest BCUT2D eigenvalue weighted by molar-refractivity contribution is 5.75. The molecule has 0 heterocycles. The van der Waals surface area contributed by atoms with E-state index in [0.717, 1.165) is 42.1 Å². The Labute approximate surface area is 183 Å². The molecule has 1 atom stereocenters. The Balaban J connectivity index is 1.26. The minimum absolute atomic E-state index is 0.260. The fourth-order valence-electron chi connectivity index (χ4n) is 3.02. The van der Waals surface area contributed by atoms with Gasteiger partial charge in [0.2, 0.25) is 0 Å². The van der Waals surface area contributed by atoms with Crippen molar-refractivity contribution < 1.29 is 19.0 Å². The molecule has 1 unspecified atom stereocenters. The Hall–Kier alpha value is -3.31. The number of esters is 1. The number of ether oxygens (including phenoxy) is 3. The van der Waals surface area contributed by atoms with Crippen molar-refractivity contribution in [3.63, 3.8) is 0 Å².